The van der Waals surface area contributed by atoms with Crippen LogP contribution in [0, 0.1) is 0 Å². The lowest BCUT2D eigenvalue weighted by Crippen LogP contribution is -2.10. The minimum atomic E-state index is -1.08. The van der Waals surface area contributed by atoms with E-state index in [2.05, 4.69) is 11.9 Å². The summed E-state index contributed by atoms with van der Waals surface area (Å²) in [6.07, 6.45) is 0.901. The Morgan fingerprint density at radius 1 is 1.04 bits per heavy atom. The van der Waals surface area contributed by atoms with Gasteiger partial charge in [0.05, 0.1) is 0 Å². The van der Waals surface area contributed by atoms with Crippen molar-refractivity contribution in [3.8, 4) is 34.4 Å². The number of aryl methyl sites for hydroxylation is 1. The van der Waals surface area contributed by atoms with Crippen molar-refractivity contribution in [3.05, 3.63) is 66.2 Å². The van der Waals surface area contributed by atoms with Crippen molar-refractivity contribution in [2.24, 2.45) is 0 Å². The van der Waals surface area contributed by atoms with Gasteiger partial charge in [0.15, 0.2) is 6.61 Å². The van der Waals surface area contributed by atoms with Crippen LogP contribution in [0.15, 0.2) is 60.7 Å². The Morgan fingerprint density at radius 2 is 1.81 bits per heavy atom. The topological polar surface area (TPSA) is 88.9 Å². The summed E-state index contributed by atoms with van der Waals surface area (Å²) >= 11 is 0. The highest BCUT2D eigenvalue weighted by molar-refractivity contribution is 5.72. The first kappa shape index (κ1) is 18.3. The van der Waals surface area contributed by atoms with Gasteiger partial charge in [-0.1, -0.05) is 37.3 Å². The third kappa shape index (κ3) is 4.76. The number of phenolic OH excluding ortho intramolecular Hbond substituents is 1. The van der Waals surface area contributed by atoms with Crippen molar-refractivity contribution in [2.45, 2.75) is 13.3 Å². The second-order valence-corrected chi connectivity index (χ2v) is 5.83. The highest BCUT2D eigenvalue weighted by Crippen LogP contribution is 2.34. The Labute approximate surface area is 156 Å². The molecule has 2 aromatic carbocycles. The molecule has 0 saturated carbocycles. The number of aromatic hydroxyl groups is 1. The van der Waals surface area contributed by atoms with Crippen molar-refractivity contribution < 1.29 is 24.5 Å². The number of ether oxygens (including phenoxy) is 2. The van der Waals surface area contributed by atoms with Gasteiger partial charge in [0.2, 0.25) is 11.8 Å². The molecule has 1 aromatic heterocycles. The van der Waals surface area contributed by atoms with Gasteiger partial charge in [-0.2, -0.15) is 4.98 Å². The average Bonchev–Trinajstić information content (AvgIpc) is 2.68. The molecule has 138 valence electrons. The highest BCUT2D eigenvalue weighted by Gasteiger charge is 2.09. The molecule has 0 aliphatic carbocycles. The molecule has 0 aliphatic rings. The van der Waals surface area contributed by atoms with E-state index in [1.807, 2.05) is 24.3 Å². The summed E-state index contributed by atoms with van der Waals surface area (Å²) in [5.41, 5.74) is 2.72. The number of hydrogen-bond acceptors (Lipinski definition) is 5. The Hall–Kier alpha value is -3.54. The Morgan fingerprint density at radius 3 is 2.59 bits per heavy atom. The molecule has 27 heavy (non-hydrogen) atoms. The lowest BCUT2D eigenvalue weighted by atomic mass is 10.0. The van der Waals surface area contributed by atoms with Gasteiger partial charge in [-0.3, -0.25) is 0 Å². The van der Waals surface area contributed by atoms with Crippen LogP contribution in [0.2, 0.25) is 0 Å². The number of benzene rings is 2. The van der Waals surface area contributed by atoms with E-state index in [9.17, 15) is 9.90 Å². The fourth-order valence-corrected chi connectivity index (χ4v) is 2.56. The zero-order valence-electron chi connectivity index (χ0n) is 14.8. The molecule has 0 spiro atoms. The fraction of sp³-hybridized carbons (Fsp3) is 0.143. The molecule has 0 amide bonds. The molecule has 6 heteroatoms. The predicted octanol–water partition coefficient (Wildman–Crippen LogP) is 4.27. The minimum Gasteiger partial charge on any atom is -0.507 e. The van der Waals surface area contributed by atoms with Gasteiger partial charge in [0, 0.05) is 17.7 Å². The van der Waals surface area contributed by atoms with E-state index in [1.165, 1.54) is 5.56 Å². The van der Waals surface area contributed by atoms with Crippen molar-refractivity contribution in [1.29, 1.82) is 0 Å². The fourth-order valence-electron chi connectivity index (χ4n) is 2.56. The van der Waals surface area contributed by atoms with E-state index in [4.69, 9.17) is 14.6 Å². The average molecular weight is 365 g/mol. The van der Waals surface area contributed by atoms with Crippen molar-refractivity contribution >= 4 is 5.97 Å². The maximum atomic E-state index is 10.6. The van der Waals surface area contributed by atoms with Crippen LogP contribution in [0.4, 0.5) is 0 Å². The monoisotopic (exact) mass is 365 g/mol. The van der Waals surface area contributed by atoms with E-state index in [1.54, 1.807) is 36.4 Å². The van der Waals surface area contributed by atoms with Crippen molar-refractivity contribution in [3.63, 3.8) is 0 Å². The largest absolute Gasteiger partial charge is 0.507 e. The smallest absolute Gasteiger partial charge is 0.341 e. The number of rotatable bonds is 7. The first-order valence-corrected chi connectivity index (χ1v) is 8.47. The number of carboxylic acid groups (broad SMARTS) is 1. The molecule has 0 atom stereocenters. The number of phenols is 1. The lowest BCUT2D eigenvalue weighted by Gasteiger charge is -2.11. The molecule has 1 heterocycles. The van der Waals surface area contributed by atoms with Gasteiger partial charge in [-0.25, -0.2) is 4.79 Å². The van der Waals surface area contributed by atoms with Gasteiger partial charge < -0.3 is 19.7 Å². The van der Waals surface area contributed by atoms with Crippen LogP contribution < -0.4 is 9.47 Å². The summed E-state index contributed by atoms with van der Waals surface area (Å²) in [6, 6.07) is 17.7. The second-order valence-electron chi connectivity index (χ2n) is 5.83. The third-order valence-electron chi connectivity index (χ3n) is 3.88. The van der Waals surface area contributed by atoms with Crippen molar-refractivity contribution in [1.82, 2.24) is 4.98 Å². The van der Waals surface area contributed by atoms with Crippen LogP contribution in [0.1, 0.15) is 12.5 Å². The van der Waals surface area contributed by atoms with Crippen LogP contribution in [0.3, 0.4) is 0 Å². The zero-order valence-corrected chi connectivity index (χ0v) is 14.8. The number of nitrogens with zero attached hydrogens (tertiary/aromatic N) is 1. The van der Waals surface area contributed by atoms with E-state index >= 15 is 0 Å². The van der Waals surface area contributed by atoms with Crippen LogP contribution >= 0.6 is 0 Å². The van der Waals surface area contributed by atoms with E-state index in [0.717, 1.165) is 12.0 Å². The SMILES string of the molecule is CCc1cccc(-c2cc(Oc3cccc(OCC(=O)O)n3)ccc2O)c1. The van der Waals surface area contributed by atoms with Crippen LogP contribution in [-0.2, 0) is 11.2 Å². The van der Waals surface area contributed by atoms with Gasteiger partial charge in [-0.15, -0.1) is 0 Å². The summed E-state index contributed by atoms with van der Waals surface area (Å²) in [5, 5.41) is 18.9. The molecule has 3 aromatic rings. The molecule has 3 rings (SSSR count). The summed E-state index contributed by atoms with van der Waals surface area (Å²) < 4.78 is 10.8. The van der Waals surface area contributed by atoms with Gasteiger partial charge in [0.1, 0.15) is 11.5 Å². The summed E-state index contributed by atoms with van der Waals surface area (Å²) in [7, 11) is 0. The van der Waals surface area contributed by atoms with Gasteiger partial charge in [-0.05, 0) is 35.7 Å². The number of carboxylic acids is 1. The quantitative estimate of drug-likeness (QED) is 0.650. The maximum Gasteiger partial charge on any atom is 0.341 e. The molecule has 2 N–H and O–H groups in total. The van der Waals surface area contributed by atoms with Crippen LogP contribution in [0.5, 0.6) is 23.3 Å². The van der Waals surface area contributed by atoms with E-state index in [0.29, 0.717) is 11.3 Å². The molecular weight excluding hydrogens is 346 g/mol. The van der Waals surface area contributed by atoms with Gasteiger partial charge in [0.25, 0.3) is 0 Å². The number of aliphatic carboxylic acids is 1. The summed E-state index contributed by atoms with van der Waals surface area (Å²) in [4.78, 5) is 14.7. The molecule has 0 saturated heterocycles. The Kier molecular flexibility index (Phi) is 5.56. The molecule has 6 nitrogen and oxygen atoms in total. The standard InChI is InChI=1S/C21H19NO5/c1-2-14-5-3-6-15(11-14)17-12-16(9-10-18(17)23)27-20-8-4-7-19(22-20)26-13-21(24)25/h3-12,23H,2,13H2,1H3,(H,24,25). The van der Waals surface area contributed by atoms with Crippen LogP contribution in [-0.4, -0.2) is 27.8 Å². The first-order valence-electron chi connectivity index (χ1n) is 8.47. The molecular formula is C21H19NO5. The first-order chi connectivity index (χ1) is 13.0. The predicted molar refractivity (Wildman–Crippen MR) is 100 cm³/mol. The highest BCUT2D eigenvalue weighted by atomic mass is 16.5. The Bertz CT molecular complexity index is 955. The third-order valence-corrected chi connectivity index (χ3v) is 3.88. The maximum absolute atomic E-state index is 10.6. The second kappa shape index (κ2) is 8.23. The van der Waals surface area contributed by atoms with Crippen molar-refractivity contribution in [2.75, 3.05) is 6.61 Å². The number of hydrogen-bond donors (Lipinski definition) is 2. The molecule has 0 aliphatic heterocycles. The van der Waals surface area contributed by atoms with Crippen LogP contribution in [0.25, 0.3) is 11.1 Å². The molecule has 0 bridgehead atoms. The molecule has 0 radical (unpaired) electrons. The number of pyridine rings is 1. The minimum absolute atomic E-state index is 0.155. The van der Waals surface area contributed by atoms with Gasteiger partial charge >= 0.3 is 5.97 Å². The van der Waals surface area contributed by atoms with E-state index < -0.39 is 12.6 Å². The summed E-state index contributed by atoms with van der Waals surface area (Å²) in [5.74, 6) is -0.0170. The number of carbonyl (C=O) groups is 1. The zero-order chi connectivity index (χ0) is 19.2. The number of aromatic nitrogens is 1. The molecule has 0 unspecified atom stereocenters. The lowest BCUT2D eigenvalue weighted by molar-refractivity contribution is -0.139. The normalized spacial score (nSPS) is 10.4. The summed E-state index contributed by atoms with van der Waals surface area (Å²) in [6.45, 7) is 1.59. The Balaban J connectivity index is 1.84. The molecule has 0 fully saturated rings. The van der Waals surface area contributed by atoms with E-state index in [-0.39, 0.29) is 17.5 Å².